The van der Waals surface area contributed by atoms with Crippen molar-refractivity contribution in [3.63, 3.8) is 0 Å². The predicted molar refractivity (Wildman–Crippen MR) is 88.9 cm³/mol. The van der Waals surface area contributed by atoms with E-state index in [9.17, 15) is 4.39 Å². The van der Waals surface area contributed by atoms with Crippen molar-refractivity contribution >= 4 is 17.4 Å². The second kappa shape index (κ2) is 7.15. The molecular formula is C17H14ClFN4. The predicted octanol–water partition coefficient (Wildman–Crippen LogP) is 3.99. The third kappa shape index (κ3) is 4.02. The van der Waals surface area contributed by atoms with Crippen LogP contribution in [0, 0.1) is 5.82 Å². The van der Waals surface area contributed by atoms with Gasteiger partial charge in [0, 0.05) is 24.5 Å². The third-order valence-corrected chi connectivity index (χ3v) is 3.63. The molecule has 0 radical (unpaired) electrons. The number of nitrogens with zero attached hydrogens (tertiary/aromatic N) is 3. The van der Waals surface area contributed by atoms with Gasteiger partial charge < -0.3 is 5.32 Å². The SMILES string of the molecule is Fc1ccc(-c2cnc(NCCc3ccncc3)cn2)cc1Cl. The van der Waals surface area contributed by atoms with Crippen molar-refractivity contribution in [1.82, 2.24) is 15.0 Å². The van der Waals surface area contributed by atoms with Gasteiger partial charge in [-0.1, -0.05) is 11.6 Å². The van der Waals surface area contributed by atoms with Gasteiger partial charge in [-0.2, -0.15) is 0 Å². The number of hydrogen-bond acceptors (Lipinski definition) is 4. The van der Waals surface area contributed by atoms with Crippen LogP contribution in [-0.4, -0.2) is 21.5 Å². The summed E-state index contributed by atoms with van der Waals surface area (Å²) in [5, 5.41) is 3.29. The molecule has 3 rings (SSSR count). The summed E-state index contributed by atoms with van der Waals surface area (Å²) in [5.74, 6) is 0.244. The Morgan fingerprint density at radius 3 is 2.57 bits per heavy atom. The lowest BCUT2D eigenvalue weighted by Gasteiger charge is -2.06. The Morgan fingerprint density at radius 1 is 1.04 bits per heavy atom. The highest BCUT2D eigenvalue weighted by Gasteiger charge is 2.05. The van der Waals surface area contributed by atoms with Crippen molar-refractivity contribution in [3.8, 4) is 11.3 Å². The van der Waals surface area contributed by atoms with Crippen molar-refractivity contribution in [2.45, 2.75) is 6.42 Å². The average molecular weight is 329 g/mol. The number of pyridine rings is 1. The molecule has 0 aliphatic carbocycles. The second-order valence-corrected chi connectivity index (χ2v) is 5.36. The van der Waals surface area contributed by atoms with E-state index in [1.54, 1.807) is 30.9 Å². The molecule has 0 unspecified atom stereocenters. The van der Waals surface area contributed by atoms with Crippen molar-refractivity contribution in [1.29, 1.82) is 0 Å². The molecule has 0 atom stereocenters. The molecule has 23 heavy (non-hydrogen) atoms. The van der Waals surface area contributed by atoms with Crippen LogP contribution in [0.1, 0.15) is 5.56 Å². The summed E-state index contributed by atoms with van der Waals surface area (Å²) in [6.07, 6.45) is 7.71. The fourth-order valence-corrected chi connectivity index (χ4v) is 2.29. The summed E-state index contributed by atoms with van der Waals surface area (Å²) in [6, 6.07) is 8.45. The maximum Gasteiger partial charge on any atom is 0.144 e. The Kier molecular flexibility index (Phi) is 4.78. The van der Waals surface area contributed by atoms with Gasteiger partial charge in [-0.25, -0.2) is 9.37 Å². The number of nitrogens with one attached hydrogen (secondary N) is 1. The highest BCUT2D eigenvalue weighted by molar-refractivity contribution is 6.31. The van der Waals surface area contributed by atoms with Crippen LogP contribution in [0.15, 0.2) is 55.1 Å². The van der Waals surface area contributed by atoms with Crippen LogP contribution in [0.2, 0.25) is 5.02 Å². The van der Waals surface area contributed by atoms with Gasteiger partial charge in [0.1, 0.15) is 11.6 Å². The lowest BCUT2D eigenvalue weighted by molar-refractivity contribution is 0.628. The fourth-order valence-electron chi connectivity index (χ4n) is 2.11. The Bertz CT molecular complexity index is 778. The number of hydrogen-bond donors (Lipinski definition) is 1. The molecule has 0 aliphatic heterocycles. The lowest BCUT2D eigenvalue weighted by atomic mass is 10.1. The quantitative estimate of drug-likeness (QED) is 0.769. The molecule has 4 nitrogen and oxygen atoms in total. The minimum atomic E-state index is -0.447. The van der Waals surface area contributed by atoms with E-state index in [0.29, 0.717) is 11.5 Å². The summed E-state index contributed by atoms with van der Waals surface area (Å²) in [5.41, 5.74) is 2.58. The Hall–Kier alpha value is -2.53. The average Bonchev–Trinajstić information content (AvgIpc) is 2.59. The van der Waals surface area contributed by atoms with Crippen molar-refractivity contribution in [2.75, 3.05) is 11.9 Å². The van der Waals surface area contributed by atoms with E-state index in [1.165, 1.54) is 17.7 Å². The number of rotatable bonds is 5. The van der Waals surface area contributed by atoms with Crippen LogP contribution in [-0.2, 0) is 6.42 Å². The topological polar surface area (TPSA) is 50.7 Å². The minimum Gasteiger partial charge on any atom is -0.368 e. The first kappa shape index (κ1) is 15.4. The van der Waals surface area contributed by atoms with Crippen LogP contribution < -0.4 is 5.32 Å². The number of aromatic nitrogens is 3. The molecule has 0 saturated carbocycles. The Labute approximate surface area is 138 Å². The molecule has 6 heteroatoms. The first-order chi connectivity index (χ1) is 11.2. The van der Waals surface area contributed by atoms with E-state index < -0.39 is 5.82 Å². The standard InChI is InChI=1S/C17H14ClFN4/c18-14-9-13(1-2-15(14)19)16-10-23-17(11-22-16)21-8-5-12-3-6-20-7-4-12/h1-4,6-7,9-11H,5,8H2,(H,21,23). The molecule has 1 N–H and O–H groups in total. The second-order valence-electron chi connectivity index (χ2n) is 4.95. The minimum absolute atomic E-state index is 0.0730. The number of benzene rings is 1. The summed E-state index contributed by atoms with van der Waals surface area (Å²) < 4.78 is 13.2. The molecule has 116 valence electrons. The summed E-state index contributed by atoms with van der Waals surface area (Å²) in [4.78, 5) is 12.6. The third-order valence-electron chi connectivity index (χ3n) is 3.34. The molecule has 0 bridgehead atoms. The smallest absolute Gasteiger partial charge is 0.144 e. The van der Waals surface area contributed by atoms with Crippen LogP contribution in [0.5, 0.6) is 0 Å². The molecule has 0 saturated heterocycles. The normalized spacial score (nSPS) is 10.5. The van der Waals surface area contributed by atoms with Gasteiger partial charge in [-0.15, -0.1) is 0 Å². The van der Waals surface area contributed by atoms with Gasteiger partial charge in [-0.05, 0) is 42.3 Å². The van der Waals surface area contributed by atoms with Gasteiger partial charge in [-0.3, -0.25) is 9.97 Å². The van der Waals surface area contributed by atoms with Crippen molar-refractivity contribution in [2.24, 2.45) is 0 Å². The zero-order chi connectivity index (χ0) is 16.1. The fraction of sp³-hybridized carbons (Fsp3) is 0.118. The van der Waals surface area contributed by atoms with E-state index in [4.69, 9.17) is 11.6 Å². The first-order valence-electron chi connectivity index (χ1n) is 7.12. The largest absolute Gasteiger partial charge is 0.368 e. The van der Waals surface area contributed by atoms with E-state index in [-0.39, 0.29) is 5.02 Å². The van der Waals surface area contributed by atoms with Crippen LogP contribution in [0.25, 0.3) is 11.3 Å². The highest BCUT2D eigenvalue weighted by atomic mass is 35.5. The van der Waals surface area contributed by atoms with Crippen molar-refractivity contribution < 1.29 is 4.39 Å². The van der Waals surface area contributed by atoms with E-state index in [0.717, 1.165) is 18.5 Å². The van der Waals surface area contributed by atoms with Gasteiger partial charge in [0.25, 0.3) is 0 Å². The molecule has 0 fully saturated rings. The molecule has 2 heterocycles. The lowest BCUT2D eigenvalue weighted by Crippen LogP contribution is -2.06. The molecule has 0 aliphatic rings. The molecule has 0 spiro atoms. The number of anilines is 1. The van der Waals surface area contributed by atoms with Gasteiger partial charge >= 0.3 is 0 Å². The summed E-state index contributed by atoms with van der Waals surface area (Å²) in [6.45, 7) is 0.750. The Morgan fingerprint density at radius 2 is 1.87 bits per heavy atom. The maximum atomic E-state index is 13.2. The van der Waals surface area contributed by atoms with E-state index in [1.807, 2.05) is 12.1 Å². The van der Waals surface area contributed by atoms with E-state index >= 15 is 0 Å². The van der Waals surface area contributed by atoms with E-state index in [2.05, 4.69) is 20.3 Å². The molecule has 0 amide bonds. The van der Waals surface area contributed by atoms with Gasteiger partial charge in [0.15, 0.2) is 0 Å². The molecular weight excluding hydrogens is 315 g/mol. The number of halogens is 2. The summed E-state index contributed by atoms with van der Waals surface area (Å²) in [7, 11) is 0. The van der Waals surface area contributed by atoms with Crippen LogP contribution >= 0.6 is 11.6 Å². The maximum absolute atomic E-state index is 13.2. The molecule has 3 aromatic rings. The zero-order valence-corrected chi connectivity index (χ0v) is 13.0. The van der Waals surface area contributed by atoms with Crippen LogP contribution in [0.4, 0.5) is 10.2 Å². The Balaban J connectivity index is 1.61. The summed E-state index contributed by atoms with van der Waals surface area (Å²) >= 11 is 5.78. The molecule has 2 aromatic heterocycles. The highest BCUT2D eigenvalue weighted by Crippen LogP contribution is 2.23. The van der Waals surface area contributed by atoms with Gasteiger partial charge in [0.05, 0.1) is 23.1 Å². The first-order valence-corrected chi connectivity index (χ1v) is 7.50. The van der Waals surface area contributed by atoms with Crippen molar-refractivity contribution in [3.05, 3.63) is 71.5 Å². The van der Waals surface area contributed by atoms with Crippen LogP contribution in [0.3, 0.4) is 0 Å². The molecule has 1 aromatic carbocycles. The zero-order valence-electron chi connectivity index (χ0n) is 12.2. The monoisotopic (exact) mass is 328 g/mol. The van der Waals surface area contributed by atoms with Gasteiger partial charge in [0.2, 0.25) is 0 Å².